The Morgan fingerprint density at radius 2 is 1.86 bits per heavy atom. The molecule has 0 spiro atoms. The predicted molar refractivity (Wildman–Crippen MR) is 147 cm³/mol. The van der Waals surface area contributed by atoms with Crippen LogP contribution in [0.1, 0.15) is 30.4 Å². The van der Waals surface area contributed by atoms with E-state index in [4.69, 9.17) is 9.72 Å². The monoisotopic (exact) mass is 537 g/mol. The second-order valence-electron chi connectivity index (χ2n) is 8.66. The maximum atomic E-state index is 13.3. The molecule has 2 aromatic carbocycles. The van der Waals surface area contributed by atoms with Crippen molar-refractivity contribution in [2.24, 2.45) is 0 Å². The van der Waals surface area contributed by atoms with Crippen LogP contribution in [0.4, 0.5) is 9.52 Å². The van der Waals surface area contributed by atoms with Crippen molar-refractivity contribution in [3.05, 3.63) is 53.3 Å². The number of aromatic nitrogens is 1. The molecule has 3 aromatic rings. The van der Waals surface area contributed by atoms with Crippen LogP contribution < -0.4 is 4.90 Å². The van der Waals surface area contributed by atoms with Crippen LogP contribution in [0, 0.1) is 19.7 Å². The molecule has 5 nitrogen and oxygen atoms in total. The summed E-state index contributed by atoms with van der Waals surface area (Å²) in [7, 11) is 0. The predicted octanol–water partition coefficient (Wildman–Crippen LogP) is 6.10. The van der Waals surface area contributed by atoms with E-state index in [2.05, 4.69) is 30.9 Å². The number of morpholine rings is 1. The van der Waals surface area contributed by atoms with E-state index in [1.165, 1.54) is 23.3 Å². The molecule has 35 heavy (non-hydrogen) atoms. The lowest BCUT2D eigenvalue weighted by Crippen LogP contribution is -2.39. The standard InChI is InChI=1S/C26H32FN3O2S2.ClH/c1-19-17-23-24(18-20(19)2)34-26(28-23)30(11-4-10-29-12-14-32-15-13-29)25(31)5-3-16-33-22-8-6-21(27)7-9-22;/h6-9,17-18H,3-5,10-16H2,1-2H3;1H. The molecule has 0 bridgehead atoms. The molecular weight excluding hydrogens is 505 g/mol. The molecule has 0 unspecified atom stereocenters. The Kier molecular flexibility index (Phi) is 10.8. The third kappa shape index (κ3) is 7.89. The fourth-order valence-electron chi connectivity index (χ4n) is 3.97. The van der Waals surface area contributed by atoms with Crippen molar-refractivity contribution in [3.8, 4) is 0 Å². The van der Waals surface area contributed by atoms with Crippen LogP contribution >= 0.6 is 35.5 Å². The summed E-state index contributed by atoms with van der Waals surface area (Å²) in [5, 5.41) is 0.790. The molecule has 1 fully saturated rings. The van der Waals surface area contributed by atoms with E-state index in [9.17, 15) is 9.18 Å². The number of nitrogens with zero attached hydrogens (tertiary/aromatic N) is 3. The van der Waals surface area contributed by atoms with Gasteiger partial charge < -0.3 is 4.74 Å². The minimum absolute atomic E-state index is 0. The number of halogens is 2. The van der Waals surface area contributed by atoms with Gasteiger partial charge in [0.15, 0.2) is 5.13 Å². The quantitative estimate of drug-likeness (QED) is 0.231. The highest BCUT2D eigenvalue weighted by molar-refractivity contribution is 7.99. The lowest BCUT2D eigenvalue weighted by Gasteiger charge is -2.27. The molecule has 1 aliphatic rings. The largest absolute Gasteiger partial charge is 0.379 e. The Morgan fingerprint density at radius 1 is 1.14 bits per heavy atom. The number of fused-ring (bicyclic) bond motifs is 1. The fourth-order valence-corrected chi connectivity index (χ4v) is 5.91. The first-order chi connectivity index (χ1) is 16.5. The van der Waals surface area contributed by atoms with Gasteiger partial charge in [-0.2, -0.15) is 0 Å². The van der Waals surface area contributed by atoms with Crippen LogP contribution in [0.25, 0.3) is 10.2 Å². The highest BCUT2D eigenvalue weighted by Crippen LogP contribution is 2.31. The number of amides is 1. The molecule has 1 saturated heterocycles. The van der Waals surface area contributed by atoms with Gasteiger partial charge in [0.25, 0.3) is 0 Å². The molecular formula is C26H33ClFN3O2S2. The Hall–Kier alpha value is -1.71. The van der Waals surface area contributed by atoms with Crippen LogP contribution in [0.2, 0.25) is 0 Å². The van der Waals surface area contributed by atoms with Crippen molar-refractivity contribution in [1.29, 1.82) is 0 Å². The Bertz CT molecular complexity index is 1060. The van der Waals surface area contributed by atoms with E-state index in [0.717, 1.165) is 71.7 Å². The molecule has 0 atom stereocenters. The minimum atomic E-state index is -0.228. The lowest BCUT2D eigenvalue weighted by atomic mass is 10.1. The van der Waals surface area contributed by atoms with Crippen molar-refractivity contribution in [3.63, 3.8) is 0 Å². The summed E-state index contributed by atoms with van der Waals surface area (Å²) < 4.78 is 19.7. The second kappa shape index (κ2) is 13.6. The zero-order valence-corrected chi connectivity index (χ0v) is 22.7. The Labute approximate surface area is 221 Å². The second-order valence-corrected chi connectivity index (χ2v) is 10.8. The highest BCUT2D eigenvalue weighted by Gasteiger charge is 2.20. The minimum Gasteiger partial charge on any atom is -0.379 e. The number of hydrogen-bond donors (Lipinski definition) is 0. The SMILES string of the molecule is Cc1cc2nc(N(CCCN3CCOCC3)C(=O)CCCSc3ccc(F)cc3)sc2cc1C.Cl. The van der Waals surface area contributed by atoms with E-state index in [1.807, 2.05) is 4.90 Å². The number of thioether (sulfide) groups is 1. The molecule has 1 amide bonds. The van der Waals surface area contributed by atoms with Gasteiger partial charge in [0.05, 0.1) is 23.4 Å². The van der Waals surface area contributed by atoms with Gasteiger partial charge in [0.1, 0.15) is 5.82 Å². The number of aryl methyl sites for hydroxylation is 2. The van der Waals surface area contributed by atoms with Gasteiger partial charge in [0.2, 0.25) is 5.91 Å². The summed E-state index contributed by atoms with van der Waals surface area (Å²) in [5.41, 5.74) is 3.42. The van der Waals surface area contributed by atoms with Crippen LogP contribution in [0.3, 0.4) is 0 Å². The van der Waals surface area contributed by atoms with Crippen LogP contribution in [-0.2, 0) is 9.53 Å². The number of rotatable bonds is 10. The molecule has 0 N–H and O–H groups in total. The maximum Gasteiger partial charge on any atom is 0.228 e. The average Bonchev–Trinajstić information content (AvgIpc) is 3.23. The molecule has 0 saturated carbocycles. The third-order valence-corrected chi connectivity index (χ3v) is 8.24. The number of benzene rings is 2. The fraction of sp³-hybridized carbons (Fsp3) is 0.462. The summed E-state index contributed by atoms with van der Waals surface area (Å²) >= 11 is 3.25. The number of anilines is 1. The third-order valence-electron chi connectivity index (χ3n) is 6.10. The molecule has 1 aliphatic heterocycles. The average molecular weight is 538 g/mol. The van der Waals surface area contributed by atoms with Crippen LogP contribution in [-0.4, -0.2) is 60.9 Å². The van der Waals surface area contributed by atoms with Crippen molar-refractivity contribution >= 4 is 56.8 Å². The van der Waals surface area contributed by atoms with E-state index in [-0.39, 0.29) is 24.1 Å². The smallest absolute Gasteiger partial charge is 0.228 e. The molecule has 190 valence electrons. The van der Waals surface area contributed by atoms with Crippen molar-refractivity contribution in [2.45, 2.75) is 38.0 Å². The van der Waals surface area contributed by atoms with Crippen molar-refractivity contribution in [1.82, 2.24) is 9.88 Å². The van der Waals surface area contributed by atoms with Gasteiger partial charge in [0, 0.05) is 37.5 Å². The summed E-state index contributed by atoms with van der Waals surface area (Å²) in [6.07, 6.45) is 2.15. The summed E-state index contributed by atoms with van der Waals surface area (Å²) in [5.74, 6) is 0.708. The molecule has 1 aromatic heterocycles. The van der Waals surface area contributed by atoms with Gasteiger partial charge in [-0.15, -0.1) is 24.2 Å². The van der Waals surface area contributed by atoms with Crippen LogP contribution in [0.15, 0.2) is 41.3 Å². The first-order valence-electron chi connectivity index (χ1n) is 11.9. The zero-order chi connectivity index (χ0) is 23.9. The van der Waals surface area contributed by atoms with E-state index >= 15 is 0 Å². The summed E-state index contributed by atoms with van der Waals surface area (Å²) in [4.78, 5) is 23.4. The molecule has 4 rings (SSSR count). The molecule has 9 heteroatoms. The van der Waals surface area contributed by atoms with Gasteiger partial charge in [-0.3, -0.25) is 14.6 Å². The lowest BCUT2D eigenvalue weighted by molar-refractivity contribution is -0.118. The normalized spacial score (nSPS) is 14.1. The maximum absolute atomic E-state index is 13.3. The number of carbonyl (C=O) groups excluding carboxylic acids is 1. The van der Waals surface area contributed by atoms with E-state index < -0.39 is 0 Å². The first-order valence-corrected chi connectivity index (χ1v) is 13.7. The van der Waals surface area contributed by atoms with Crippen molar-refractivity contribution < 1.29 is 13.9 Å². The summed E-state index contributed by atoms with van der Waals surface area (Å²) in [6.45, 7) is 9.30. The number of hydrogen-bond acceptors (Lipinski definition) is 6. The zero-order valence-electron chi connectivity index (χ0n) is 20.3. The van der Waals surface area contributed by atoms with Gasteiger partial charge in [-0.1, -0.05) is 11.3 Å². The van der Waals surface area contributed by atoms with Gasteiger partial charge in [-0.25, -0.2) is 9.37 Å². The Morgan fingerprint density at radius 3 is 2.60 bits per heavy atom. The van der Waals surface area contributed by atoms with E-state index in [1.54, 1.807) is 35.2 Å². The van der Waals surface area contributed by atoms with Gasteiger partial charge >= 0.3 is 0 Å². The Balaban J connectivity index is 0.00000342. The van der Waals surface area contributed by atoms with Gasteiger partial charge in [-0.05, 0) is 80.0 Å². The summed E-state index contributed by atoms with van der Waals surface area (Å²) in [6, 6.07) is 10.8. The van der Waals surface area contributed by atoms with Crippen LogP contribution in [0.5, 0.6) is 0 Å². The number of ether oxygens (including phenoxy) is 1. The number of carbonyl (C=O) groups is 1. The van der Waals surface area contributed by atoms with E-state index in [0.29, 0.717) is 13.0 Å². The highest BCUT2D eigenvalue weighted by atomic mass is 35.5. The number of thiazole rings is 1. The molecule has 2 heterocycles. The first kappa shape index (κ1) is 27.9. The molecule has 0 radical (unpaired) electrons. The van der Waals surface area contributed by atoms with Crippen molar-refractivity contribution in [2.75, 3.05) is 50.0 Å². The topological polar surface area (TPSA) is 45.7 Å². The molecule has 0 aliphatic carbocycles.